The maximum atomic E-state index is 12.7. The molecule has 0 saturated heterocycles. The number of aliphatic hydroxyl groups excluding tert-OH is 1. The molecule has 0 spiro atoms. The van der Waals surface area contributed by atoms with E-state index in [0.29, 0.717) is 11.3 Å². The Morgan fingerprint density at radius 2 is 1.95 bits per heavy atom. The highest BCUT2D eigenvalue weighted by atomic mass is 19.3. The topological polar surface area (TPSA) is 42.4 Å². The van der Waals surface area contributed by atoms with Gasteiger partial charge >= 0.3 is 12.3 Å². The monoisotopic (exact) mass is 281 g/mol. The lowest BCUT2D eigenvalue weighted by Crippen LogP contribution is -2.34. The van der Waals surface area contributed by atoms with Crippen molar-refractivity contribution in [3.05, 3.63) is 23.4 Å². The molecule has 1 rings (SSSR count). The van der Waals surface area contributed by atoms with Crippen LogP contribution in [-0.4, -0.2) is 29.0 Å². The van der Waals surface area contributed by atoms with Crippen LogP contribution in [0.4, 0.5) is 17.6 Å². The minimum atomic E-state index is -4.23. The van der Waals surface area contributed by atoms with Crippen LogP contribution in [0.5, 0.6) is 5.88 Å². The summed E-state index contributed by atoms with van der Waals surface area (Å²) in [5.41, 5.74) is 0.955. The SMILES string of the molecule is CC(C)c1cc(CO)cc(OCC(F)(F)C(F)F)n1. The van der Waals surface area contributed by atoms with Gasteiger partial charge in [-0.3, -0.25) is 0 Å². The third-order valence-electron chi connectivity index (χ3n) is 2.39. The average molecular weight is 281 g/mol. The van der Waals surface area contributed by atoms with E-state index in [4.69, 9.17) is 5.11 Å². The zero-order valence-corrected chi connectivity index (χ0v) is 10.5. The van der Waals surface area contributed by atoms with Gasteiger partial charge in [-0.05, 0) is 17.5 Å². The van der Waals surface area contributed by atoms with Crippen LogP contribution in [0.25, 0.3) is 0 Å². The van der Waals surface area contributed by atoms with E-state index in [1.165, 1.54) is 6.07 Å². The molecule has 1 N–H and O–H groups in total. The van der Waals surface area contributed by atoms with E-state index in [0.717, 1.165) is 0 Å². The molecule has 3 nitrogen and oxygen atoms in total. The standard InChI is InChI=1S/C12H15F4NO2/c1-7(2)9-3-8(5-18)4-10(17-9)19-6-12(15,16)11(13)14/h3-4,7,11,18H,5-6H2,1-2H3. The fourth-order valence-electron chi connectivity index (χ4n) is 1.28. The van der Waals surface area contributed by atoms with E-state index in [9.17, 15) is 17.6 Å². The number of rotatable bonds is 6. The third kappa shape index (κ3) is 4.34. The number of nitrogens with zero attached hydrogens (tertiary/aromatic N) is 1. The Labute approximate surface area is 108 Å². The van der Waals surface area contributed by atoms with Crippen molar-refractivity contribution in [2.75, 3.05) is 6.61 Å². The fraction of sp³-hybridized carbons (Fsp3) is 0.583. The largest absolute Gasteiger partial charge is 0.471 e. The molecular weight excluding hydrogens is 266 g/mol. The first-order valence-electron chi connectivity index (χ1n) is 5.66. The molecule has 108 valence electrons. The second-order valence-electron chi connectivity index (χ2n) is 4.40. The zero-order chi connectivity index (χ0) is 14.6. The first-order chi connectivity index (χ1) is 8.76. The molecule has 1 aromatic heterocycles. The second-order valence-corrected chi connectivity index (χ2v) is 4.40. The fourth-order valence-corrected chi connectivity index (χ4v) is 1.28. The van der Waals surface area contributed by atoms with Crippen molar-refractivity contribution in [2.24, 2.45) is 0 Å². The summed E-state index contributed by atoms with van der Waals surface area (Å²) in [6, 6.07) is 2.84. The summed E-state index contributed by atoms with van der Waals surface area (Å²) < 4.78 is 54.0. The zero-order valence-electron chi connectivity index (χ0n) is 10.5. The van der Waals surface area contributed by atoms with Crippen LogP contribution in [0.15, 0.2) is 12.1 Å². The number of aromatic nitrogens is 1. The number of hydrogen-bond acceptors (Lipinski definition) is 3. The number of hydrogen-bond donors (Lipinski definition) is 1. The molecular formula is C12H15F4NO2. The molecule has 0 saturated carbocycles. The van der Waals surface area contributed by atoms with Crippen LogP contribution in [-0.2, 0) is 6.61 Å². The van der Waals surface area contributed by atoms with Gasteiger partial charge in [0, 0.05) is 11.8 Å². The van der Waals surface area contributed by atoms with E-state index in [2.05, 4.69) is 9.72 Å². The Kier molecular flexibility index (Phi) is 5.11. The molecule has 0 atom stereocenters. The number of alkyl halides is 4. The molecule has 0 unspecified atom stereocenters. The molecule has 19 heavy (non-hydrogen) atoms. The van der Waals surface area contributed by atoms with Crippen molar-refractivity contribution in [1.82, 2.24) is 4.98 Å². The highest BCUT2D eigenvalue weighted by Crippen LogP contribution is 2.25. The Balaban J connectivity index is 2.86. The minimum absolute atomic E-state index is 0.00976. The van der Waals surface area contributed by atoms with Gasteiger partial charge in [0.1, 0.15) is 0 Å². The van der Waals surface area contributed by atoms with Gasteiger partial charge < -0.3 is 9.84 Å². The maximum Gasteiger partial charge on any atom is 0.340 e. The Bertz CT molecular complexity index is 424. The van der Waals surface area contributed by atoms with E-state index in [-0.39, 0.29) is 18.4 Å². The molecule has 0 aliphatic carbocycles. The van der Waals surface area contributed by atoms with Gasteiger partial charge in [0.15, 0.2) is 6.61 Å². The quantitative estimate of drug-likeness (QED) is 0.815. The summed E-state index contributed by atoms with van der Waals surface area (Å²) in [6.07, 6.45) is -3.79. The maximum absolute atomic E-state index is 12.7. The van der Waals surface area contributed by atoms with Gasteiger partial charge in [0.05, 0.1) is 6.61 Å². The number of halogens is 4. The predicted octanol–water partition coefficient (Wildman–Crippen LogP) is 2.98. The normalized spacial score (nSPS) is 12.3. The Morgan fingerprint density at radius 1 is 1.32 bits per heavy atom. The third-order valence-corrected chi connectivity index (χ3v) is 2.39. The lowest BCUT2D eigenvalue weighted by molar-refractivity contribution is -0.148. The summed E-state index contributed by atoms with van der Waals surface area (Å²) in [7, 11) is 0. The smallest absolute Gasteiger partial charge is 0.340 e. The lowest BCUT2D eigenvalue weighted by Gasteiger charge is -2.16. The van der Waals surface area contributed by atoms with Gasteiger partial charge in [-0.25, -0.2) is 13.8 Å². The molecule has 0 aromatic carbocycles. The molecule has 0 fully saturated rings. The van der Waals surface area contributed by atoms with E-state index < -0.39 is 19.0 Å². The van der Waals surface area contributed by atoms with E-state index >= 15 is 0 Å². The summed E-state index contributed by atoms with van der Waals surface area (Å²) in [5, 5.41) is 9.03. The van der Waals surface area contributed by atoms with Gasteiger partial charge in [-0.15, -0.1) is 0 Å². The van der Waals surface area contributed by atoms with Crippen molar-refractivity contribution in [3.63, 3.8) is 0 Å². The van der Waals surface area contributed by atoms with Gasteiger partial charge in [-0.2, -0.15) is 8.78 Å². The summed E-state index contributed by atoms with van der Waals surface area (Å²) in [6.45, 7) is 1.87. The molecule has 0 aliphatic rings. The summed E-state index contributed by atoms with van der Waals surface area (Å²) >= 11 is 0. The number of ether oxygens (including phenoxy) is 1. The highest BCUT2D eigenvalue weighted by Gasteiger charge is 2.41. The van der Waals surface area contributed by atoms with Crippen molar-refractivity contribution >= 4 is 0 Å². The summed E-state index contributed by atoms with van der Waals surface area (Å²) in [4.78, 5) is 3.93. The highest BCUT2D eigenvalue weighted by molar-refractivity contribution is 5.26. The van der Waals surface area contributed by atoms with Crippen LogP contribution in [0, 0.1) is 0 Å². The van der Waals surface area contributed by atoms with Gasteiger partial charge in [0.25, 0.3) is 0 Å². The molecule has 0 aliphatic heterocycles. The second kappa shape index (κ2) is 6.18. The Hall–Kier alpha value is -1.37. The van der Waals surface area contributed by atoms with Crippen molar-refractivity contribution < 1.29 is 27.4 Å². The first-order valence-corrected chi connectivity index (χ1v) is 5.66. The lowest BCUT2D eigenvalue weighted by atomic mass is 10.1. The Morgan fingerprint density at radius 3 is 2.42 bits per heavy atom. The van der Waals surface area contributed by atoms with Gasteiger partial charge in [-0.1, -0.05) is 13.8 Å². The van der Waals surface area contributed by atoms with Gasteiger partial charge in [0.2, 0.25) is 5.88 Å². The minimum Gasteiger partial charge on any atom is -0.471 e. The van der Waals surface area contributed by atoms with Crippen LogP contribution in [0.3, 0.4) is 0 Å². The predicted molar refractivity (Wildman–Crippen MR) is 60.7 cm³/mol. The molecule has 0 radical (unpaired) electrons. The number of aliphatic hydroxyl groups is 1. The van der Waals surface area contributed by atoms with E-state index in [1.807, 2.05) is 13.8 Å². The van der Waals surface area contributed by atoms with Crippen molar-refractivity contribution in [1.29, 1.82) is 0 Å². The summed E-state index contributed by atoms with van der Waals surface area (Å²) in [5.74, 6) is -4.44. The molecule has 0 amide bonds. The molecule has 0 bridgehead atoms. The van der Waals surface area contributed by atoms with Crippen molar-refractivity contribution in [3.8, 4) is 5.88 Å². The van der Waals surface area contributed by atoms with E-state index in [1.54, 1.807) is 6.07 Å². The molecule has 1 heterocycles. The molecule has 1 aromatic rings. The first kappa shape index (κ1) is 15.7. The molecule has 7 heteroatoms. The van der Waals surface area contributed by atoms with Crippen LogP contribution < -0.4 is 4.74 Å². The number of pyridine rings is 1. The van der Waals surface area contributed by atoms with Crippen LogP contribution in [0.1, 0.15) is 31.0 Å². The van der Waals surface area contributed by atoms with Crippen LogP contribution >= 0.6 is 0 Å². The van der Waals surface area contributed by atoms with Crippen LogP contribution in [0.2, 0.25) is 0 Å². The van der Waals surface area contributed by atoms with Crippen molar-refractivity contribution in [2.45, 2.75) is 38.7 Å². The average Bonchev–Trinajstić information content (AvgIpc) is 2.35.